The molecule has 0 aliphatic rings. The molecule has 0 heterocycles. The van der Waals surface area contributed by atoms with E-state index in [1.807, 2.05) is 36.4 Å². The molecule has 19 heavy (non-hydrogen) atoms. The Hall–Kier alpha value is -1.80. The maximum Gasteiger partial charge on any atom is 0.119 e. The highest BCUT2D eigenvalue weighted by atomic mass is 16.5. The molecule has 0 spiro atoms. The first kappa shape index (κ1) is 13.6. The molecule has 2 nitrogen and oxygen atoms in total. The van der Waals surface area contributed by atoms with Gasteiger partial charge in [0.2, 0.25) is 0 Å². The minimum Gasteiger partial charge on any atom is -0.491 e. The minimum atomic E-state index is -0.486. The predicted molar refractivity (Wildman–Crippen MR) is 77.6 cm³/mol. The van der Waals surface area contributed by atoms with Crippen LogP contribution in [0.2, 0.25) is 0 Å². The van der Waals surface area contributed by atoms with Gasteiger partial charge in [0.25, 0.3) is 0 Å². The normalized spacial score (nSPS) is 12.2. The van der Waals surface area contributed by atoms with Gasteiger partial charge < -0.3 is 9.84 Å². The summed E-state index contributed by atoms with van der Waals surface area (Å²) >= 11 is 0. The molecule has 2 aromatic rings. The van der Waals surface area contributed by atoms with E-state index in [1.165, 1.54) is 16.7 Å². The first-order valence-corrected chi connectivity index (χ1v) is 6.58. The Balaban J connectivity index is 1.93. The van der Waals surface area contributed by atoms with Crippen LogP contribution in [0.1, 0.15) is 16.7 Å². The average molecular weight is 256 g/mol. The number of para-hydroxylation sites is 1. The lowest BCUT2D eigenvalue weighted by Gasteiger charge is -2.15. The monoisotopic (exact) mass is 256 g/mol. The van der Waals surface area contributed by atoms with Crippen LogP contribution in [0.5, 0.6) is 5.75 Å². The molecule has 2 rings (SSSR count). The van der Waals surface area contributed by atoms with Crippen molar-refractivity contribution >= 4 is 0 Å². The highest BCUT2D eigenvalue weighted by Gasteiger charge is 2.10. The molecule has 0 aliphatic carbocycles. The minimum absolute atomic E-state index is 0.317. The third-order valence-corrected chi connectivity index (χ3v) is 3.27. The van der Waals surface area contributed by atoms with Crippen LogP contribution < -0.4 is 4.74 Å². The van der Waals surface area contributed by atoms with Gasteiger partial charge in [-0.3, -0.25) is 0 Å². The van der Waals surface area contributed by atoms with Crippen LogP contribution >= 0.6 is 0 Å². The van der Waals surface area contributed by atoms with Gasteiger partial charge in [-0.1, -0.05) is 36.4 Å². The number of hydrogen-bond donors (Lipinski definition) is 1. The average Bonchev–Trinajstić information content (AvgIpc) is 2.42. The Morgan fingerprint density at radius 1 is 0.947 bits per heavy atom. The molecule has 2 heteroatoms. The summed E-state index contributed by atoms with van der Waals surface area (Å²) in [6, 6.07) is 15.8. The number of aliphatic hydroxyl groups excluding tert-OH is 1. The smallest absolute Gasteiger partial charge is 0.119 e. The van der Waals surface area contributed by atoms with E-state index in [4.69, 9.17) is 4.74 Å². The summed E-state index contributed by atoms with van der Waals surface area (Å²) in [5, 5.41) is 10.1. The van der Waals surface area contributed by atoms with Gasteiger partial charge in [-0.2, -0.15) is 0 Å². The van der Waals surface area contributed by atoms with Crippen LogP contribution in [0.15, 0.2) is 48.5 Å². The number of rotatable bonds is 5. The molecule has 0 bridgehead atoms. The first-order valence-electron chi connectivity index (χ1n) is 6.58. The quantitative estimate of drug-likeness (QED) is 0.889. The summed E-state index contributed by atoms with van der Waals surface area (Å²) in [4.78, 5) is 0. The fourth-order valence-corrected chi connectivity index (χ4v) is 2.17. The Morgan fingerprint density at radius 2 is 1.58 bits per heavy atom. The van der Waals surface area contributed by atoms with Crippen molar-refractivity contribution in [2.75, 3.05) is 6.61 Å². The third kappa shape index (κ3) is 3.83. The van der Waals surface area contributed by atoms with Gasteiger partial charge >= 0.3 is 0 Å². The standard InChI is InChI=1S/C17H20O2/c1-13-7-6-8-14(2)17(13)11-15(18)12-19-16-9-4-3-5-10-16/h3-10,15,18H,11-12H2,1-2H3. The highest BCUT2D eigenvalue weighted by molar-refractivity contribution is 5.34. The van der Waals surface area contributed by atoms with Crippen molar-refractivity contribution in [1.29, 1.82) is 0 Å². The fourth-order valence-electron chi connectivity index (χ4n) is 2.17. The van der Waals surface area contributed by atoms with Crippen LogP contribution in [-0.4, -0.2) is 17.8 Å². The van der Waals surface area contributed by atoms with E-state index in [0.717, 1.165) is 5.75 Å². The maximum absolute atomic E-state index is 10.1. The molecule has 1 atom stereocenters. The number of benzene rings is 2. The zero-order chi connectivity index (χ0) is 13.7. The highest BCUT2D eigenvalue weighted by Crippen LogP contribution is 2.16. The number of hydrogen-bond acceptors (Lipinski definition) is 2. The Bertz CT molecular complexity index is 500. The van der Waals surface area contributed by atoms with Gasteiger partial charge in [0.15, 0.2) is 0 Å². The fraction of sp³-hybridized carbons (Fsp3) is 0.294. The van der Waals surface area contributed by atoms with Crippen molar-refractivity contribution in [1.82, 2.24) is 0 Å². The molecule has 0 saturated carbocycles. The Kier molecular flexibility index (Phi) is 4.58. The van der Waals surface area contributed by atoms with Crippen LogP contribution in [0.3, 0.4) is 0 Å². The summed E-state index contributed by atoms with van der Waals surface area (Å²) in [7, 11) is 0. The number of aliphatic hydroxyl groups is 1. The second-order valence-corrected chi connectivity index (χ2v) is 4.85. The van der Waals surface area contributed by atoms with Gasteiger partial charge in [-0.05, 0) is 42.7 Å². The molecule has 0 amide bonds. The summed E-state index contributed by atoms with van der Waals surface area (Å²) in [6.45, 7) is 4.47. The van der Waals surface area contributed by atoms with Crippen LogP contribution in [0, 0.1) is 13.8 Å². The molecule has 1 unspecified atom stereocenters. The van der Waals surface area contributed by atoms with E-state index in [1.54, 1.807) is 0 Å². The molecule has 0 aliphatic heterocycles. The van der Waals surface area contributed by atoms with Gasteiger partial charge in [0.1, 0.15) is 12.4 Å². The van der Waals surface area contributed by atoms with Crippen molar-refractivity contribution in [2.24, 2.45) is 0 Å². The van der Waals surface area contributed by atoms with E-state index >= 15 is 0 Å². The van der Waals surface area contributed by atoms with Crippen molar-refractivity contribution < 1.29 is 9.84 Å². The second kappa shape index (κ2) is 6.39. The molecule has 0 fully saturated rings. The van der Waals surface area contributed by atoms with E-state index in [2.05, 4.69) is 26.0 Å². The van der Waals surface area contributed by atoms with Gasteiger partial charge in [0.05, 0.1) is 6.10 Å². The summed E-state index contributed by atoms with van der Waals surface area (Å²) < 4.78 is 5.57. The first-order chi connectivity index (χ1) is 9.16. The van der Waals surface area contributed by atoms with Crippen LogP contribution in [-0.2, 0) is 6.42 Å². The topological polar surface area (TPSA) is 29.5 Å². The lowest BCUT2D eigenvalue weighted by molar-refractivity contribution is 0.107. The van der Waals surface area contributed by atoms with Crippen LogP contribution in [0.4, 0.5) is 0 Å². The third-order valence-electron chi connectivity index (χ3n) is 3.27. The number of ether oxygens (including phenoxy) is 1. The van der Waals surface area contributed by atoms with Crippen molar-refractivity contribution in [3.63, 3.8) is 0 Å². The summed E-state index contributed by atoms with van der Waals surface area (Å²) in [5.41, 5.74) is 3.66. The van der Waals surface area contributed by atoms with Gasteiger partial charge in [-0.25, -0.2) is 0 Å². The lowest BCUT2D eigenvalue weighted by Crippen LogP contribution is -2.21. The van der Waals surface area contributed by atoms with E-state index < -0.39 is 6.10 Å². The molecule has 0 saturated heterocycles. The van der Waals surface area contributed by atoms with E-state index in [-0.39, 0.29) is 0 Å². The maximum atomic E-state index is 10.1. The SMILES string of the molecule is Cc1cccc(C)c1CC(O)COc1ccccc1. The molecule has 2 aromatic carbocycles. The Morgan fingerprint density at radius 3 is 2.21 bits per heavy atom. The molecule has 0 aromatic heterocycles. The zero-order valence-corrected chi connectivity index (χ0v) is 11.5. The van der Waals surface area contributed by atoms with Crippen molar-refractivity contribution in [3.05, 3.63) is 65.2 Å². The van der Waals surface area contributed by atoms with Crippen molar-refractivity contribution in [2.45, 2.75) is 26.4 Å². The van der Waals surface area contributed by atoms with Crippen molar-refractivity contribution in [3.8, 4) is 5.75 Å². The summed E-state index contributed by atoms with van der Waals surface area (Å²) in [5.74, 6) is 0.794. The molecule has 0 radical (unpaired) electrons. The van der Waals surface area contributed by atoms with Gasteiger partial charge in [0, 0.05) is 6.42 Å². The Labute approximate surface area is 114 Å². The number of aryl methyl sites for hydroxylation is 2. The molecule has 100 valence electrons. The largest absolute Gasteiger partial charge is 0.491 e. The van der Waals surface area contributed by atoms with Crippen LogP contribution in [0.25, 0.3) is 0 Å². The van der Waals surface area contributed by atoms with Gasteiger partial charge in [-0.15, -0.1) is 0 Å². The predicted octanol–water partition coefficient (Wildman–Crippen LogP) is 3.29. The zero-order valence-electron chi connectivity index (χ0n) is 11.5. The second-order valence-electron chi connectivity index (χ2n) is 4.85. The molecule has 1 N–H and O–H groups in total. The molecular formula is C17H20O2. The lowest BCUT2D eigenvalue weighted by atomic mass is 9.98. The van der Waals surface area contributed by atoms with E-state index in [0.29, 0.717) is 13.0 Å². The molecular weight excluding hydrogens is 236 g/mol. The van der Waals surface area contributed by atoms with E-state index in [9.17, 15) is 5.11 Å². The summed E-state index contributed by atoms with van der Waals surface area (Å²) in [6.07, 6.45) is 0.144.